The van der Waals surface area contributed by atoms with E-state index in [9.17, 15) is 4.39 Å². The van der Waals surface area contributed by atoms with Crippen molar-refractivity contribution in [1.82, 2.24) is 0 Å². The Bertz CT molecular complexity index is 1260. The average molecular weight is 535 g/mol. The molecule has 0 radical (unpaired) electrons. The van der Waals surface area contributed by atoms with Crippen LogP contribution in [0.2, 0.25) is 0 Å². The molecule has 0 bridgehead atoms. The average Bonchev–Trinajstić information content (AvgIpc) is 2.95. The maximum absolute atomic E-state index is 15.2. The molecular formula is C34H37F3O2. The summed E-state index contributed by atoms with van der Waals surface area (Å²) in [5.74, 6) is -1.46. The van der Waals surface area contributed by atoms with E-state index in [0.29, 0.717) is 35.5 Å². The number of ether oxygens (including phenoxy) is 2. The van der Waals surface area contributed by atoms with Gasteiger partial charge in [0.15, 0.2) is 11.6 Å². The molecule has 0 aromatic heterocycles. The summed E-state index contributed by atoms with van der Waals surface area (Å²) in [7, 11) is 0. The Balaban J connectivity index is 1.39. The van der Waals surface area contributed by atoms with Crippen molar-refractivity contribution in [3.05, 3.63) is 101 Å². The van der Waals surface area contributed by atoms with Gasteiger partial charge in [-0.3, -0.25) is 0 Å². The lowest BCUT2D eigenvalue weighted by molar-refractivity contribution is 0.0230. The van der Waals surface area contributed by atoms with Crippen LogP contribution >= 0.6 is 0 Å². The first-order chi connectivity index (χ1) is 19.0. The number of rotatable bonds is 12. The predicted molar refractivity (Wildman–Crippen MR) is 153 cm³/mol. The maximum atomic E-state index is 15.2. The molecule has 1 saturated carbocycles. The van der Waals surface area contributed by atoms with E-state index in [1.165, 1.54) is 6.07 Å². The Hall–Kier alpha value is -3.31. The lowest BCUT2D eigenvalue weighted by Gasteiger charge is -2.29. The molecule has 1 aliphatic rings. The van der Waals surface area contributed by atoms with Crippen LogP contribution in [-0.4, -0.2) is 19.3 Å². The lowest BCUT2D eigenvalue weighted by Crippen LogP contribution is -2.22. The van der Waals surface area contributed by atoms with E-state index in [2.05, 4.69) is 13.5 Å². The van der Waals surface area contributed by atoms with E-state index in [-0.39, 0.29) is 23.4 Å². The van der Waals surface area contributed by atoms with Gasteiger partial charge in [-0.15, -0.1) is 6.58 Å². The van der Waals surface area contributed by atoms with Crippen LogP contribution in [0.15, 0.2) is 67.3 Å². The van der Waals surface area contributed by atoms with Crippen molar-refractivity contribution in [3.8, 4) is 16.9 Å². The van der Waals surface area contributed by atoms with Crippen molar-refractivity contribution in [3.63, 3.8) is 0 Å². The van der Waals surface area contributed by atoms with Gasteiger partial charge in [-0.2, -0.15) is 0 Å². The number of halogens is 3. The molecular weight excluding hydrogens is 497 g/mol. The molecule has 0 aliphatic heterocycles. The highest BCUT2D eigenvalue weighted by atomic mass is 19.2. The number of unbranched alkanes of at least 4 members (excludes halogenated alkanes) is 1. The van der Waals surface area contributed by atoms with Gasteiger partial charge >= 0.3 is 0 Å². The molecule has 1 aliphatic carbocycles. The topological polar surface area (TPSA) is 18.5 Å². The van der Waals surface area contributed by atoms with Crippen LogP contribution < -0.4 is 4.74 Å². The zero-order chi connectivity index (χ0) is 27.6. The summed E-state index contributed by atoms with van der Waals surface area (Å²) in [4.78, 5) is 0. The normalized spacial score (nSPS) is 17.4. The molecule has 0 N–H and O–H groups in total. The Labute approximate surface area is 230 Å². The molecule has 1 fully saturated rings. The van der Waals surface area contributed by atoms with E-state index >= 15 is 8.78 Å². The van der Waals surface area contributed by atoms with Gasteiger partial charge in [0, 0.05) is 23.8 Å². The molecule has 39 heavy (non-hydrogen) atoms. The fraction of sp³-hybridized carbons (Fsp3) is 0.353. The van der Waals surface area contributed by atoms with Gasteiger partial charge in [-0.05, 0) is 73.3 Å². The van der Waals surface area contributed by atoms with Crippen LogP contribution in [0.25, 0.3) is 23.3 Å². The van der Waals surface area contributed by atoms with Crippen LogP contribution in [0.5, 0.6) is 5.75 Å². The van der Waals surface area contributed by atoms with Crippen molar-refractivity contribution in [2.45, 2.75) is 63.9 Å². The van der Waals surface area contributed by atoms with Crippen LogP contribution in [0.4, 0.5) is 13.2 Å². The van der Waals surface area contributed by atoms with Gasteiger partial charge in [0.2, 0.25) is 0 Å². The van der Waals surface area contributed by atoms with E-state index in [1.807, 2.05) is 12.1 Å². The highest BCUT2D eigenvalue weighted by molar-refractivity contribution is 5.73. The summed E-state index contributed by atoms with van der Waals surface area (Å²) in [6.45, 7) is 7.00. The second-order valence-corrected chi connectivity index (χ2v) is 10.1. The van der Waals surface area contributed by atoms with Crippen molar-refractivity contribution in [1.29, 1.82) is 0 Å². The first kappa shape index (κ1) is 28.7. The van der Waals surface area contributed by atoms with Crippen LogP contribution in [0.1, 0.15) is 74.5 Å². The molecule has 0 spiro atoms. The first-order valence-corrected chi connectivity index (χ1v) is 13.9. The number of benzene rings is 3. The van der Waals surface area contributed by atoms with Gasteiger partial charge < -0.3 is 9.47 Å². The van der Waals surface area contributed by atoms with Gasteiger partial charge in [-0.1, -0.05) is 68.0 Å². The SMILES string of the molecule is C=CCCOc1ccc(/C=C/c2ccc(-c3ccc(C4CCC(OCCCC)CC4)c(F)c3F)cc2)c(F)c1. The van der Waals surface area contributed by atoms with E-state index < -0.39 is 11.6 Å². The van der Waals surface area contributed by atoms with E-state index in [1.54, 1.807) is 54.6 Å². The number of hydrogen-bond acceptors (Lipinski definition) is 2. The zero-order valence-corrected chi connectivity index (χ0v) is 22.6. The fourth-order valence-electron chi connectivity index (χ4n) is 4.99. The van der Waals surface area contributed by atoms with Gasteiger partial charge in [0.05, 0.1) is 12.7 Å². The quantitative estimate of drug-likeness (QED) is 0.131. The smallest absolute Gasteiger partial charge is 0.166 e. The van der Waals surface area contributed by atoms with Crippen molar-refractivity contribution >= 4 is 12.2 Å². The fourth-order valence-corrected chi connectivity index (χ4v) is 4.99. The van der Waals surface area contributed by atoms with Gasteiger partial charge in [-0.25, -0.2) is 13.2 Å². The molecule has 0 saturated heterocycles. The summed E-state index contributed by atoms with van der Waals surface area (Å²) in [5, 5.41) is 0. The minimum absolute atomic E-state index is 0.0141. The van der Waals surface area contributed by atoms with Crippen LogP contribution in [0.3, 0.4) is 0 Å². The molecule has 0 atom stereocenters. The van der Waals surface area contributed by atoms with Crippen LogP contribution in [0, 0.1) is 17.5 Å². The van der Waals surface area contributed by atoms with Gasteiger partial charge in [0.1, 0.15) is 11.6 Å². The molecule has 0 amide bonds. The van der Waals surface area contributed by atoms with Crippen molar-refractivity contribution < 1.29 is 22.6 Å². The number of hydrogen-bond donors (Lipinski definition) is 0. The first-order valence-electron chi connectivity index (χ1n) is 13.9. The second-order valence-electron chi connectivity index (χ2n) is 10.1. The molecule has 0 unspecified atom stereocenters. The summed E-state index contributed by atoms with van der Waals surface area (Å²) in [5.41, 5.74) is 2.54. The van der Waals surface area contributed by atoms with Crippen molar-refractivity contribution in [2.24, 2.45) is 0 Å². The molecule has 4 rings (SSSR count). The Morgan fingerprint density at radius 2 is 1.64 bits per heavy atom. The highest BCUT2D eigenvalue weighted by Crippen LogP contribution is 2.38. The Morgan fingerprint density at radius 3 is 2.33 bits per heavy atom. The summed E-state index contributed by atoms with van der Waals surface area (Å²) in [6.07, 6.45) is 11.6. The minimum atomic E-state index is -0.811. The largest absolute Gasteiger partial charge is 0.493 e. The third-order valence-electron chi connectivity index (χ3n) is 7.32. The highest BCUT2D eigenvalue weighted by Gasteiger charge is 2.27. The van der Waals surface area contributed by atoms with E-state index in [4.69, 9.17) is 9.47 Å². The molecule has 5 heteroatoms. The Morgan fingerprint density at radius 1 is 0.872 bits per heavy atom. The lowest BCUT2D eigenvalue weighted by atomic mass is 9.82. The molecule has 3 aromatic rings. The third kappa shape index (κ3) is 7.63. The monoisotopic (exact) mass is 534 g/mol. The van der Waals surface area contributed by atoms with E-state index in [0.717, 1.165) is 50.7 Å². The van der Waals surface area contributed by atoms with Crippen molar-refractivity contribution in [2.75, 3.05) is 13.2 Å². The second kappa shape index (κ2) is 14.2. The molecule has 0 heterocycles. The standard InChI is InChI=1S/C34H37F3O2/c1-3-5-21-38-28-16-13-26(14-17-28)31-20-19-30(33(36)34(31)37)25-10-7-24(8-11-25)9-12-27-15-18-29(23-32(27)35)39-22-6-4-2/h4,7-12,15,18-20,23,26,28H,2-3,5-6,13-14,16-17,21-22H2,1H3/b12-9+. The third-order valence-corrected chi connectivity index (χ3v) is 7.32. The molecule has 2 nitrogen and oxygen atoms in total. The van der Waals surface area contributed by atoms with Crippen LogP contribution in [-0.2, 0) is 4.74 Å². The molecule has 206 valence electrons. The van der Waals surface area contributed by atoms with Gasteiger partial charge in [0.25, 0.3) is 0 Å². The Kier molecular flexibility index (Phi) is 10.4. The summed E-state index contributed by atoms with van der Waals surface area (Å²) < 4.78 is 56.2. The summed E-state index contributed by atoms with van der Waals surface area (Å²) >= 11 is 0. The zero-order valence-electron chi connectivity index (χ0n) is 22.6. The maximum Gasteiger partial charge on any atom is 0.166 e. The predicted octanol–water partition coefficient (Wildman–Crippen LogP) is 9.74. The summed E-state index contributed by atoms with van der Waals surface area (Å²) in [6, 6.07) is 15.3. The minimum Gasteiger partial charge on any atom is -0.493 e. The molecule has 3 aromatic carbocycles.